The maximum Gasteiger partial charge on any atom is 0.290 e. The highest BCUT2D eigenvalue weighted by Gasteiger charge is 2.42. The standard InChI is InChI=1S/C30H28FNO6/c1-4-15-37-21-9-6-19(7-10-21)27-26-28(33)22-17-20(31)8-12-23(22)38-29(26)30(34)32(27)14-13-18-5-11-24(35-2)25(16-18)36-3/h5-12,16-17,27H,4,13-15H2,1-3H3. The van der Waals surface area contributed by atoms with Crippen molar-refractivity contribution in [3.8, 4) is 17.2 Å². The summed E-state index contributed by atoms with van der Waals surface area (Å²) in [5.74, 6) is 0.944. The van der Waals surface area contributed by atoms with E-state index in [1.165, 1.54) is 12.1 Å². The molecule has 0 saturated carbocycles. The molecule has 0 aliphatic carbocycles. The van der Waals surface area contributed by atoms with E-state index in [0.29, 0.717) is 36.8 Å². The summed E-state index contributed by atoms with van der Waals surface area (Å²) in [6.45, 7) is 2.92. The fraction of sp³-hybridized carbons (Fsp3) is 0.267. The summed E-state index contributed by atoms with van der Waals surface area (Å²) in [5.41, 5.74) is 1.63. The number of methoxy groups -OCH3 is 2. The zero-order valence-electron chi connectivity index (χ0n) is 21.5. The second-order valence-corrected chi connectivity index (χ2v) is 9.07. The minimum absolute atomic E-state index is 0.0160. The maximum absolute atomic E-state index is 14.0. The molecule has 1 atom stereocenters. The van der Waals surface area contributed by atoms with E-state index in [2.05, 4.69) is 0 Å². The van der Waals surface area contributed by atoms with Crippen LogP contribution < -0.4 is 19.6 Å². The number of halogens is 1. The van der Waals surface area contributed by atoms with Gasteiger partial charge in [0.2, 0.25) is 5.76 Å². The number of nitrogens with zero attached hydrogens (tertiary/aromatic N) is 1. The predicted octanol–water partition coefficient (Wildman–Crippen LogP) is 5.53. The van der Waals surface area contributed by atoms with Crippen molar-refractivity contribution in [2.24, 2.45) is 0 Å². The van der Waals surface area contributed by atoms with Crippen LogP contribution >= 0.6 is 0 Å². The summed E-state index contributed by atoms with van der Waals surface area (Å²) in [4.78, 5) is 28.9. The van der Waals surface area contributed by atoms with E-state index >= 15 is 0 Å². The lowest BCUT2D eigenvalue weighted by atomic mass is 9.98. The SMILES string of the molecule is CCCOc1ccc(C2c3c(oc4ccc(F)cc4c3=O)C(=O)N2CCc2ccc(OC)c(OC)c2)cc1. The van der Waals surface area contributed by atoms with Crippen LogP contribution in [0.15, 0.2) is 69.9 Å². The zero-order valence-corrected chi connectivity index (χ0v) is 21.5. The van der Waals surface area contributed by atoms with Crippen LogP contribution in [0, 0.1) is 5.82 Å². The van der Waals surface area contributed by atoms with Crippen LogP contribution in [0.1, 0.15) is 46.6 Å². The number of benzene rings is 3. The first-order valence-electron chi connectivity index (χ1n) is 12.5. The molecule has 2 heterocycles. The molecule has 196 valence electrons. The highest BCUT2D eigenvalue weighted by molar-refractivity contribution is 5.99. The van der Waals surface area contributed by atoms with Gasteiger partial charge in [0.25, 0.3) is 5.91 Å². The fourth-order valence-corrected chi connectivity index (χ4v) is 4.82. The van der Waals surface area contributed by atoms with Gasteiger partial charge >= 0.3 is 0 Å². The third-order valence-corrected chi connectivity index (χ3v) is 6.69. The molecule has 0 fully saturated rings. The molecule has 1 aliphatic rings. The lowest BCUT2D eigenvalue weighted by molar-refractivity contribution is 0.0730. The van der Waals surface area contributed by atoms with Gasteiger partial charge in [-0.05, 0) is 66.4 Å². The van der Waals surface area contributed by atoms with E-state index < -0.39 is 17.3 Å². The second-order valence-electron chi connectivity index (χ2n) is 9.07. The molecule has 4 aromatic rings. The fourth-order valence-electron chi connectivity index (χ4n) is 4.82. The summed E-state index contributed by atoms with van der Waals surface area (Å²) in [6.07, 6.45) is 1.37. The first-order valence-corrected chi connectivity index (χ1v) is 12.5. The lowest BCUT2D eigenvalue weighted by Gasteiger charge is -2.25. The van der Waals surface area contributed by atoms with Crippen molar-refractivity contribution in [3.05, 3.63) is 99.2 Å². The summed E-state index contributed by atoms with van der Waals surface area (Å²) in [6, 6.07) is 16.0. The Balaban J connectivity index is 1.56. The molecule has 38 heavy (non-hydrogen) atoms. The van der Waals surface area contributed by atoms with E-state index in [-0.39, 0.29) is 28.2 Å². The number of ether oxygens (including phenoxy) is 3. The minimum atomic E-state index is -0.693. The van der Waals surface area contributed by atoms with Crippen LogP contribution in [-0.2, 0) is 6.42 Å². The minimum Gasteiger partial charge on any atom is -0.494 e. The van der Waals surface area contributed by atoms with Crippen molar-refractivity contribution in [1.82, 2.24) is 4.90 Å². The van der Waals surface area contributed by atoms with Crippen LogP contribution in [-0.4, -0.2) is 38.2 Å². The van der Waals surface area contributed by atoms with Crippen molar-refractivity contribution in [1.29, 1.82) is 0 Å². The third kappa shape index (κ3) is 4.58. The number of carbonyl (C=O) groups excluding carboxylic acids is 1. The van der Waals surface area contributed by atoms with Gasteiger partial charge in [-0.25, -0.2) is 4.39 Å². The molecule has 1 unspecified atom stereocenters. The third-order valence-electron chi connectivity index (χ3n) is 6.69. The molecule has 3 aromatic carbocycles. The van der Waals surface area contributed by atoms with E-state index in [4.69, 9.17) is 18.6 Å². The molecular formula is C30H28FNO6. The Bertz CT molecular complexity index is 1550. The van der Waals surface area contributed by atoms with E-state index in [0.717, 1.165) is 23.6 Å². The molecule has 1 amide bonds. The van der Waals surface area contributed by atoms with Gasteiger partial charge in [0, 0.05) is 6.54 Å². The maximum atomic E-state index is 14.0. The average Bonchev–Trinajstić information content (AvgIpc) is 3.22. The van der Waals surface area contributed by atoms with Gasteiger partial charge in [-0.15, -0.1) is 0 Å². The quantitative estimate of drug-likeness (QED) is 0.291. The topological polar surface area (TPSA) is 78.2 Å². The predicted molar refractivity (Wildman–Crippen MR) is 141 cm³/mol. The van der Waals surface area contributed by atoms with Gasteiger partial charge in [-0.2, -0.15) is 0 Å². The smallest absolute Gasteiger partial charge is 0.290 e. The zero-order chi connectivity index (χ0) is 26.8. The number of carbonyl (C=O) groups is 1. The molecule has 0 spiro atoms. The Morgan fingerprint density at radius 1 is 0.947 bits per heavy atom. The normalized spacial score (nSPS) is 14.6. The molecule has 0 bridgehead atoms. The number of fused-ring (bicyclic) bond motifs is 2. The monoisotopic (exact) mass is 517 g/mol. The van der Waals surface area contributed by atoms with Crippen molar-refractivity contribution in [2.75, 3.05) is 27.4 Å². The summed E-state index contributed by atoms with van der Waals surface area (Å²) in [7, 11) is 3.14. The van der Waals surface area contributed by atoms with Crippen LogP contribution in [0.25, 0.3) is 11.0 Å². The Morgan fingerprint density at radius 2 is 1.71 bits per heavy atom. The Morgan fingerprint density at radius 3 is 2.42 bits per heavy atom. The molecule has 0 N–H and O–H groups in total. The Labute approximate surface area is 219 Å². The second kappa shape index (κ2) is 10.6. The van der Waals surface area contributed by atoms with Crippen LogP contribution in [0.3, 0.4) is 0 Å². The number of hydrogen-bond acceptors (Lipinski definition) is 6. The number of rotatable bonds is 9. The first kappa shape index (κ1) is 25.3. The summed E-state index contributed by atoms with van der Waals surface area (Å²) < 4.78 is 36.4. The average molecular weight is 518 g/mol. The van der Waals surface area contributed by atoms with Crippen molar-refractivity contribution in [3.63, 3.8) is 0 Å². The van der Waals surface area contributed by atoms with Crippen molar-refractivity contribution < 1.29 is 27.8 Å². The molecule has 5 rings (SSSR count). The largest absolute Gasteiger partial charge is 0.494 e. The van der Waals surface area contributed by atoms with Gasteiger partial charge in [0.15, 0.2) is 16.9 Å². The van der Waals surface area contributed by atoms with Crippen molar-refractivity contribution >= 4 is 16.9 Å². The van der Waals surface area contributed by atoms with Gasteiger partial charge in [0.05, 0.1) is 37.8 Å². The molecule has 1 aromatic heterocycles. The molecule has 7 nitrogen and oxygen atoms in total. The first-order chi connectivity index (χ1) is 18.4. The van der Waals surface area contributed by atoms with Gasteiger partial charge in [0.1, 0.15) is 17.1 Å². The van der Waals surface area contributed by atoms with Crippen LogP contribution in [0.5, 0.6) is 17.2 Å². The van der Waals surface area contributed by atoms with E-state index in [1.807, 2.05) is 49.4 Å². The molecule has 0 saturated heterocycles. The van der Waals surface area contributed by atoms with Gasteiger partial charge in [-0.1, -0.05) is 25.1 Å². The molecule has 0 radical (unpaired) electrons. The highest BCUT2D eigenvalue weighted by Crippen LogP contribution is 2.39. The van der Waals surface area contributed by atoms with Gasteiger partial charge < -0.3 is 23.5 Å². The number of hydrogen-bond donors (Lipinski definition) is 0. The number of amides is 1. The Kier molecular flexibility index (Phi) is 7.05. The van der Waals surface area contributed by atoms with E-state index in [9.17, 15) is 14.0 Å². The Hall–Kier alpha value is -4.33. The highest BCUT2D eigenvalue weighted by atomic mass is 19.1. The van der Waals surface area contributed by atoms with Crippen LogP contribution in [0.4, 0.5) is 4.39 Å². The molecule has 8 heteroatoms. The molecular weight excluding hydrogens is 489 g/mol. The van der Waals surface area contributed by atoms with Gasteiger partial charge in [-0.3, -0.25) is 9.59 Å². The summed E-state index contributed by atoms with van der Waals surface area (Å²) >= 11 is 0. The van der Waals surface area contributed by atoms with E-state index in [1.54, 1.807) is 19.1 Å². The lowest BCUT2D eigenvalue weighted by Crippen LogP contribution is -2.31. The molecule has 1 aliphatic heterocycles. The van der Waals surface area contributed by atoms with Crippen molar-refractivity contribution in [2.45, 2.75) is 25.8 Å². The summed E-state index contributed by atoms with van der Waals surface area (Å²) in [5, 5.41) is 0.103. The van der Waals surface area contributed by atoms with Crippen LogP contribution in [0.2, 0.25) is 0 Å².